The molecule has 12 N–H and O–H groups in total. The van der Waals surface area contributed by atoms with Gasteiger partial charge in [0.15, 0.2) is 0 Å². The van der Waals surface area contributed by atoms with Crippen LogP contribution in [0.25, 0.3) is 0 Å². The summed E-state index contributed by atoms with van der Waals surface area (Å²) < 4.78 is 24.1. The summed E-state index contributed by atoms with van der Waals surface area (Å²) in [6.07, 6.45) is -1.27. The number of aliphatic hydroxyl groups is 4. The Bertz CT molecular complexity index is 904. The van der Waals surface area contributed by atoms with Crippen molar-refractivity contribution in [1.82, 2.24) is 0 Å². The molecule has 5 aliphatic rings. The van der Waals surface area contributed by atoms with Crippen LogP contribution >= 0.6 is 0 Å². The fourth-order valence-electron chi connectivity index (χ4n) is 5.43. The summed E-state index contributed by atoms with van der Waals surface area (Å²) in [4.78, 5) is 9.14. The van der Waals surface area contributed by atoms with E-state index in [4.69, 9.17) is 41.9 Å². The van der Waals surface area contributed by atoms with Crippen LogP contribution in [-0.4, -0.2) is 118 Å². The van der Waals surface area contributed by atoms with Gasteiger partial charge in [-0.1, -0.05) is 0 Å². The third-order valence-electron chi connectivity index (χ3n) is 7.79. The van der Waals surface area contributed by atoms with E-state index in [0.717, 1.165) is 0 Å². The molecular weight excluding hydrogens is 500 g/mol. The molecule has 0 aromatic rings. The maximum Gasteiger partial charge on any atom is 0.215 e. The van der Waals surface area contributed by atoms with Gasteiger partial charge in [-0.3, -0.25) is 9.98 Å². The van der Waals surface area contributed by atoms with E-state index >= 15 is 0 Å². The van der Waals surface area contributed by atoms with Crippen molar-refractivity contribution in [2.24, 2.45) is 32.9 Å². The number of ether oxygens (including phenoxy) is 4. The van der Waals surface area contributed by atoms with Crippen LogP contribution < -0.4 is 22.9 Å². The van der Waals surface area contributed by atoms with Crippen LogP contribution in [0.1, 0.15) is 25.7 Å². The molecule has 0 spiro atoms. The van der Waals surface area contributed by atoms with Crippen LogP contribution in [0.3, 0.4) is 0 Å². The second kappa shape index (κ2) is 11.3. The summed E-state index contributed by atoms with van der Waals surface area (Å²) in [5.41, 5.74) is 24.6. The minimum atomic E-state index is -1.33. The minimum absolute atomic E-state index is 0.228. The van der Waals surface area contributed by atoms with Crippen LogP contribution in [0.15, 0.2) is 33.7 Å². The van der Waals surface area contributed by atoms with Gasteiger partial charge < -0.3 is 62.3 Å². The van der Waals surface area contributed by atoms with Gasteiger partial charge in [0, 0.05) is 12.1 Å². The third-order valence-corrected chi connectivity index (χ3v) is 7.79. The Morgan fingerprint density at radius 1 is 0.605 bits per heavy atom. The fraction of sp³-hybridized carbons (Fsp3) is 0.750. The molecule has 0 saturated heterocycles. The highest BCUT2D eigenvalue weighted by atomic mass is 16.7. The van der Waals surface area contributed by atoms with Crippen molar-refractivity contribution >= 4 is 12.4 Å². The van der Waals surface area contributed by atoms with Crippen molar-refractivity contribution < 1.29 is 39.4 Å². The van der Waals surface area contributed by atoms with Crippen molar-refractivity contribution in [2.45, 2.75) is 111 Å². The molecule has 0 radical (unpaired) electrons. The number of fused-ring (bicyclic) bond motifs is 6. The van der Waals surface area contributed by atoms with E-state index in [1.54, 1.807) is 12.2 Å². The molecule has 212 valence electrons. The van der Waals surface area contributed by atoms with E-state index in [1.165, 1.54) is 12.4 Å². The summed E-state index contributed by atoms with van der Waals surface area (Å²) in [5, 5.41) is 42.5. The maximum absolute atomic E-state index is 10.8. The molecule has 14 nitrogen and oxygen atoms in total. The first-order valence-electron chi connectivity index (χ1n) is 13.0. The van der Waals surface area contributed by atoms with E-state index in [-0.39, 0.29) is 12.8 Å². The van der Waals surface area contributed by atoms with E-state index in [2.05, 4.69) is 9.98 Å². The normalized spacial score (nSPS) is 49.5. The van der Waals surface area contributed by atoms with Gasteiger partial charge in [-0.25, -0.2) is 0 Å². The molecule has 2 saturated carbocycles. The second-order valence-corrected chi connectivity index (χ2v) is 10.6. The van der Waals surface area contributed by atoms with Gasteiger partial charge in [-0.05, 0) is 37.8 Å². The second-order valence-electron chi connectivity index (χ2n) is 10.6. The summed E-state index contributed by atoms with van der Waals surface area (Å²) >= 11 is 0. The molecule has 2 fully saturated rings. The SMILES string of the molecule is N[C@@H]1CC=C2C=N[C@H]3C[C@@H](N)[C@H](O)[C@@H](O)[C@@H]3O[C@H]3OC(=CC[C@H]3N)C=N[C@H]3C[C@@H](N)[C@H](O)[C@@H](O)[C@@H]3O[C@H]1O2. The largest absolute Gasteiger partial charge is 0.462 e. The zero-order chi connectivity index (χ0) is 27.1. The molecule has 3 aliphatic heterocycles. The molecule has 5 rings (SSSR count). The topological polar surface area (TPSA) is 247 Å². The average molecular weight is 539 g/mol. The van der Waals surface area contributed by atoms with Gasteiger partial charge in [0.1, 0.15) is 35.9 Å². The molecule has 0 aromatic heterocycles. The van der Waals surface area contributed by atoms with Gasteiger partial charge in [0.25, 0.3) is 0 Å². The lowest BCUT2D eigenvalue weighted by Crippen LogP contribution is -2.61. The number of aliphatic imine (C=N–C) groups is 2. The van der Waals surface area contributed by atoms with Crippen molar-refractivity contribution in [1.29, 1.82) is 0 Å². The number of rotatable bonds is 0. The Morgan fingerprint density at radius 2 is 1.00 bits per heavy atom. The van der Waals surface area contributed by atoms with E-state index in [1.807, 2.05) is 0 Å². The Kier molecular flexibility index (Phi) is 8.17. The smallest absolute Gasteiger partial charge is 0.215 e. The third kappa shape index (κ3) is 5.51. The lowest BCUT2D eigenvalue weighted by molar-refractivity contribution is -0.215. The number of nitrogens with two attached hydrogens (primary N) is 4. The van der Waals surface area contributed by atoms with Gasteiger partial charge in [-0.15, -0.1) is 0 Å². The van der Waals surface area contributed by atoms with Crippen LogP contribution in [0.2, 0.25) is 0 Å². The van der Waals surface area contributed by atoms with Gasteiger partial charge in [0.2, 0.25) is 12.6 Å². The molecule has 14 heteroatoms. The van der Waals surface area contributed by atoms with E-state index in [0.29, 0.717) is 24.4 Å². The summed E-state index contributed by atoms with van der Waals surface area (Å²) in [6, 6.07) is -3.85. The lowest BCUT2D eigenvalue weighted by atomic mass is 9.84. The number of hydrogen-bond donors (Lipinski definition) is 8. The predicted molar refractivity (Wildman–Crippen MR) is 135 cm³/mol. The first kappa shape index (κ1) is 27.6. The Morgan fingerprint density at radius 3 is 1.39 bits per heavy atom. The van der Waals surface area contributed by atoms with Crippen molar-refractivity contribution in [3.8, 4) is 0 Å². The zero-order valence-electron chi connectivity index (χ0n) is 20.8. The molecule has 38 heavy (non-hydrogen) atoms. The van der Waals surface area contributed by atoms with Crippen LogP contribution in [0, 0.1) is 0 Å². The zero-order valence-corrected chi connectivity index (χ0v) is 20.8. The predicted octanol–water partition coefficient (Wildman–Crippen LogP) is -3.53. The standard InChI is InChI=1S/C24H38N6O8/c25-11-3-1-9-7-29-15-5-13(27)17(31)19(33)21(15)38-24-12(26)4-2-10(36-24)8-30-16-6-14(28)18(32)20(34)22(16)37-23(11)35-9/h1-2,7-8,11-24,31-34H,3-6,25-28H2/t11-,12-,13-,14-,15+,16+,17+,18+,19-,20-,21-,22-,23-,24-/m1/s1. The molecule has 0 amide bonds. The molecule has 2 aliphatic carbocycles. The molecule has 4 bridgehead atoms. The number of aliphatic hydroxyl groups excluding tert-OH is 4. The van der Waals surface area contributed by atoms with Crippen molar-refractivity contribution in [3.05, 3.63) is 23.7 Å². The molecule has 0 aromatic carbocycles. The van der Waals surface area contributed by atoms with Crippen molar-refractivity contribution in [2.75, 3.05) is 0 Å². The molecule has 14 atom stereocenters. The van der Waals surface area contributed by atoms with E-state index in [9.17, 15) is 20.4 Å². The van der Waals surface area contributed by atoms with Crippen molar-refractivity contribution in [3.63, 3.8) is 0 Å². The highest BCUT2D eigenvalue weighted by Gasteiger charge is 2.47. The first-order valence-corrected chi connectivity index (χ1v) is 13.0. The summed E-state index contributed by atoms with van der Waals surface area (Å²) in [6.45, 7) is 0. The fourth-order valence-corrected chi connectivity index (χ4v) is 5.43. The van der Waals surface area contributed by atoms with Crippen LogP contribution in [0.5, 0.6) is 0 Å². The average Bonchev–Trinajstić information content (AvgIpc) is 2.89. The number of hydrogen-bond acceptors (Lipinski definition) is 14. The Labute approximate surface area is 220 Å². The van der Waals surface area contributed by atoms with Gasteiger partial charge in [-0.2, -0.15) is 0 Å². The van der Waals surface area contributed by atoms with Crippen LogP contribution in [-0.2, 0) is 18.9 Å². The number of nitrogens with zero attached hydrogens (tertiary/aromatic N) is 2. The first-order chi connectivity index (χ1) is 18.1. The Balaban J connectivity index is 1.49. The van der Waals surface area contributed by atoms with E-state index < -0.39 is 85.5 Å². The van der Waals surface area contributed by atoms with Gasteiger partial charge in [0.05, 0.1) is 48.8 Å². The lowest BCUT2D eigenvalue weighted by Gasteiger charge is -2.43. The maximum atomic E-state index is 10.8. The highest BCUT2D eigenvalue weighted by Crippen LogP contribution is 2.31. The van der Waals surface area contributed by atoms with Crippen LogP contribution in [0.4, 0.5) is 0 Å². The molecular formula is C24H38N6O8. The van der Waals surface area contributed by atoms with Gasteiger partial charge >= 0.3 is 0 Å². The molecule has 0 unspecified atom stereocenters. The highest BCUT2D eigenvalue weighted by molar-refractivity contribution is 5.77. The quantitative estimate of drug-likeness (QED) is 0.149. The Hall–Kier alpha value is -1.98. The molecule has 3 heterocycles. The number of allylic oxidation sites excluding steroid dienone is 2. The monoisotopic (exact) mass is 538 g/mol. The minimum Gasteiger partial charge on any atom is -0.462 e. The summed E-state index contributed by atoms with van der Waals surface area (Å²) in [5.74, 6) is 0.713. The summed E-state index contributed by atoms with van der Waals surface area (Å²) in [7, 11) is 0.